The molecule has 0 radical (unpaired) electrons. The fourth-order valence-corrected chi connectivity index (χ4v) is 5.81. The van der Waals surface area contributed by atoms with E-state index in [2.05, 4.69) is 25.7 Å². The molecule has 0 spiro atoms. The minimum absolute atomic E-state index is 0.00524. The van der Waals surface area contributed by atoms with E-state index < -0.39 is 17.8 Å². The monoisotopic (exact) mass is 647 g/mol. The van der Waals surface area contributed by atoms with Crippen molar-refractivity contribution in [2.45, 2.75) is 56.9 Å². The maximum absolute atomic E-state index is 13.6. The van der Waals surface area contributed by atoms with E-state index >= 15 is 0 Å². The normalized spacial score (nSPS) is 20.1. The van der Waals surface area contributed by atoms with Gasteiger partial charge in [0.1, 0.15) is 0 Å². The summed E-state index contributed by atoms with van der Waals surface area (Å²) in [6.45, 7) is 1.90. The summed E-state index contributed by atoms with van der Waals surface area (Å²) >= 11 is 6.42. The molecular formula is C29H33ClF3N9O3. The Labute approximate surface area is 261 Å². The molecule has 12 nitrogen and oxygen atoms in total. The number of aromatic nitrogens is 4. The van der Waals surface area contributed by atoms with Gasteiger partial charge in [-0.3, -0.25) is 14.3 Å². The number of piperazine rings is 1. The Kier molecular flexibility index (Phi) is 8.48. The minimum atomic E-state index is -4.60. The molecule has 3 fully saturated rings. The van der Waals surface area contributed by atoms with E-state index in [0.717, 1.165) is 25.7 Å². The van der Waals surface area contributed by atoms with Crippen LogP contribution in [-0.4, -0.2) is 85.7 Å². The largest absolute Gasteiger partial charge is 0.435 e. The Morgan fingerprint density at radius 1 is 1.09 bits per heavy atom. The van der Waals surface area contributed by atoms with Gasteiger partial charge in [-0.15, -0.1) is 0 Å². The van der Waals surface area contributed by atoms with Gasteiger partial charge in [-0.2, -0.15) is 18.3 Å². The third kappa shape index (κ3) is 7.25. The molecule has 240 valence electrons. The van der Waals surface area contributed by atoms with Crippen LogP contribution in [0, 0.1) is 5.92 Å². The minimum Gasteiger partial charge on any atom is -0.337 e. The number of H-pyrrole nitrogens is 1. The number of nitrogens with one attached hydrogen (secondary N) is 3. The SMILES string of the molecule is NC1CC(NC(=O)N2CCN(C(=O)c3ccc(NC(=O)c4ncc(Cc5cn(CC6CC6)nc5C(F)(F)F)[nH]4)cc3Cl)CC2)C1. The lowest BCUT2D eigenvalue weighted by atomic mass is 9.88. The van der Waals surface area contributed by atoms with Crippen molar-refractivity contribution in [2.75, 3.05) is 31.5 Å². The Bertz CT molecular complexity index is 1590. The van der Waals surface area contributed by atoms with Gasteiger partial charge in [-0.25, -0.2) is 9.78 Å². The van der Waals surface area contributed by atoms with Gasteiger partial charge in [-0.05, 0) is 49.8 Å². The summed E-state index contributed by atoms with van der Waals surface area (Å²) in [7, 11) is 0. The van der Waals surface area contributed by atoms with Crippen molar-refractivity contribution in [1.82, 2.24) is 34.9 Å². The maximum atomic E-state index is 13.6. The Morgan fingerprint density at radius 3 is 2.44 bits per heavy atom. The number of anilines is 1. The van der Waals surface area contributed by atoms with Crippen molar-refractivity contribution < 1.29 is 27.6 Å². The van der Waals surface area contributed by atoms with Gasteiger partial charge in [-0.1, -0.05) is 11.6 Å². The second-order valence-corrected chi connectivity index (χ2v) is 12.3. The van der Waals surface area contributed by atoms with Crippen LogP contribution in [0.1, 0.15) is 63.6 Å². The van der Waals surface area contributed by atoms with Gasteiger partial charge in [0, 0.05) is 80.6 Å². The molecule has 0 unspecified atom stereocenters. The number of imidazole rings is 1. The van der Waals surface area contributed by atoms with E-state index in [1.54, 1.807) is 9.80 Å². The topological polar surface area (TPSA) is 154 Å². The van der Waals surface area contributed by atoms with Crippen molar-refractivity contribution >= 4 is 35.1 Å². The van der Waals surface area contributed by atoms with Crippen LogP contribution in [0.2, 0.25) is 5.02 Å². The summed E-state index contributed by atoms with van der Waals surface area (Å²) in [5, 5.41) is 9.48. The van der Waals surface area contributed by atoms with Crippen LogP contribution in [-0.2, 0) is 19.1 Å². The second-order valence-electron chi connectivity index (χ2n) is 11.9. The molecule has 1 aliphatic heterocycles. The first-order valence-corrected chi connectivity index (χ1v) is 15.2. The quantitative estimate of drug-likeness (QED) is 0.294. The van der Waals surface area contributed by atoms with E-state index in [4.69, 9.17) is 17.3 Å². The molecule has 1 aromatic carbocycles. The Hall–Kier alpha value is -4.11. The summed E-state index contributed by atoms with van der Waals surface area (Å²) in [6, 6.07) is 4.54. The third-order valence-corrected chi connectivity index (χ3v) is 8.60. The van der Waals surface area contributed by atoms with Crippen molar-refractivity contribution in [1.29, 1.82) is 0 Å². The number of amides is 4. The van der Waals surface area contributed by atoms with Crippen molar-refractivity contribution in [3.05, 3.63) is 64.0 Å². The van der Waals surface area contributed by atoms with Crippen molar-refractivity contribution in [2.24, 2.45) is 11.7 Å². The van der Waals surface area contributed by atoms with Crippen LogP contribution < -0.4 is 16.4 Å². The average molecular weight is 648 g/mol. The first kappa shape index (κ1) is 30.9. The standard InChI is InChI=1S/C29H33ClF3N9O3/c30-23-12-19(3-4-22(23)27(44)40-5-7-41(8-6-40)28(45)38-20-10-18(34)11-20)37-26(43)25-35-13-21(36-25)9-17-15-42(14-16-1-2-16)39-24(17)29(31,32)33/h3-4,12-13,15-16,18,20H,1-2,5-11,14,34H2,(H,35,36)(H,37,43)(H,38,45). The van der Waals surface area contributed by atoms with E-state index in [1.807, 2.05) is 0 Å². The van der Waals surface area contributed by atoms with Crippen molar-refractivity contribution in [3.63, 3.8) is 0 Å². The second kappa shape index (κ2) is 12.4. The predicted molar refractivity (Wildman–Crippen MR) is 158 cm³/mol. The van der Waals surface area contributed by atoms with Gasteiger partial charge in [0.25, 0.3) is 11.8 Å². The highest BCUT2D eigenvalue weighted by atomic mass is 35.5. The fraction of sp³-hybridized carbons (Fsp3) is 0.483. The lowest BCUT2D eigenvalue weighted by Crippen LogP contribution is -2.57. The number of carbonyl (C=O) groups is 3. The summed E-state index contributed by atoms with van der Waals surface area (Å²) in [4.78, 5) is 48.6. The van der Waals surface area contributed by atoms with Crippen LogP contribution in [0.4, 0.5) is 23.7 Å². The van der Waals surface area contributed by atoms with Crippen LogP contribution in [0.5, 0.6) is 0 Å². The van der Waals surface area contributed by atoms with Gasteiger partial charge < -0.3 is 31.2 Å². The summed E-state index contributed by atoms with van der Waals surface area (Å²) in [5.41, 5.74) is 5.70. The molecule has 5 N–H and O–H groups in total. The molecule has 6 rings (SSSR count). The van der Waals surface area contributed by atoms with Crippen molar-refractivity contribution in [3.8, 4) is 0 Å². The first-order valence-electron chi connectivity index (χ1n) is 14.8. The van der Waals surface area contributed by atoms with Crippen LogP contribution >= 0.6 is 11.6 Å². The number of benzene rings is 1. The molecule has 3 aliphatic rings. The molecule has 1 saturated heterocycles. The summed E-state index contributed by atoms with van der Waals surface area (Å²) in [5.74, 6) is -0.663. The molecule has 0 atom stereocenters. The molecule has 2 aliphatic carbocycles. The number of nitrogens with zero attached hydrogens (tertiary/aromatic N) is 5. The Morgan fingerprint density at radius 2 is 1.80 bits per heavy atom. The van der Waals surface area contributed by atoms with Gasteiger partial charge >= 0.3 is 12.2 Å². The molecule has 3 heterocycles. The first-order chi connectivity index (χ1) is 21.4. The number of carbonyl (C=O) groups excluding carboxylic acids is 3. The van der Waals surface area contributed by atoms with Crippen LogP contribution in [0.15, 0.2) is 30.6 Å². The molecule has 2 aromatic heterocycles. The molecule has 45 heavy (non-hydrogen) atoms. The highest BCUT2D eigenvalue weighted by Crippen LogP contribution is 2.34. The predicted octanol–water partition coefficient (Wildman–Crippen LogP) is 3.49. The van der Waals surface area contributed by atoms with E-state index in [0.29, 0.717) is 50.0 Å². The molecule has 3 aromatic rings. The van der Waals surface area contributed by atoms with E-state index in [9.17, 15) is 27.6 Å². The highest BCUT2D eigenvalue weighted by Gasteiger charge is 2.38. The lowest BCUT2D eigenvalue weighted by Gasteiger charge is -2.38. The molecule has 4 amide bonds. The molecule has 0 bridgehead atoms. The number of alkyl halides is 3. The zero-order valence-electron chi connectivity index (χ0n) is 24.2. The smallest absolute Gasteiger partial charge is 0.337 e. The number of halogens is 4. The van der Waals surface area contributed by atoms with E-state index in [1.165, 1.54) is 35.3 Å². The molecule has 16 heteroatoms. The molecule has 2 saturated carbocycles. The summed E-state index contributed by atoms with van der Waals surface area (Å²) in [6.07, 6.45) is 1.47. The molecular weight excluding hydrogens is 615 g/mol. The van der Waals surface area contributed by atoms with Gasteiger partial charge in [0.2, 0.25) is 0 Å². The number of nitrogens with two attached hydrogens (primary N) is 1. The average Bonchev–Trinajstić information content (AvgIpc) is 3.50. The third-order valence-electron chi connectivity index (χ3n) is 8.29. The number of urea groups is 1. The number of rotatable bonds is 8. The van der Waals surface area contributed by atoms with Gasteiger partial charge in [0.15, 0.2) is 11.5 Å². The lowest BCUT2D eigenvalue weighted by molar-refractivity contribution is -0.142. The zero-order valence-corrected chi connectivity index (χ0v) is 25.0. The van der Waals surface area contributed by atoms with Gasteiger partial charge in [0.05, 0.1) is 10.6 Å². The number of hydrogen-bond acceptors (Lipinski definition) is 6. The maximum Gasteiger partial charge on any atom is 0.435 e. The van der Waals surface area contributed by atoms with Crippen LogP contribution in [0.25, 0.3) is 0 Å². The van der Waals surface area contributed by atoms with Crippen LogP contribution in [0.3, 0.4) is 0 Å². The highest BCUT2D eigenvalue weighted by molar-refractivity contribution is 6.34. The summed E-state index contributed by atoms with van der Waals surface area (Å²) < 4.78 is 42.1. The number of hydrogen-bond donors (Lipinski definition) is 4. The fourth-order valence-electron chi connectivity index (χ4n) is 5.54. The number of aromatic amines is 1. The zero-order chi connectivity index (χ0) is 31.9. The Balaban J connectivity index is 1.03. The van der Waals surface area contributed by atoms with E-state index in [-0.39, 0.29) is 52.4 Å².